The lowest BCUT2D eigenvalue weighted by molar-refractivity contribution is -0.142. The molecule has 0 aliphatic heterocycles. The first-order chi connectivity index (χ1) is 13.9. The van der Waals surface area contributed by atoms with Crippen molar-refractivity contribution in [3.63, 3.8) is 0 Å². The number of rotatable bonds is 6. The molecule has 0 aromatic rings. The minimum Gasteiger partial charge on any atom is -0.330 e. The van der Waals surface area contributed by atoms with Gasteiger partial charge in [-0.2, -0.15) is 4.91 Å². The van der Waals surface area contributed by atoms with E-state index in [4.69, 9.17) is 5.73 Å². The standard InChI is InChI=1S/C25H40N2O2/c1-24-12-10-17(7-5-3-4-6-14-26)15-21(24)22(27-29)16-18-19-8-9-23(28)25(19,2)13-11-20(18)24/h3,5,17-22H,4,6-16,26H2,1-2H3. The summed E-state index contributed by atoms with van der Waals surface area (Å²) in [7, 11) is 0. The fourth-order valence-electron chi connectivity index (χ4n) is 8.13. The van der Waals surface area contributed by atoms with Gasteiger partial charge in [-0.1, -0.05) is 31.2 Å². The van der Waals surface area contributed by atoms with Crippen molar-refractivity contribution in [2.75, 3.05) is 6.54 Å². The molecule has 8 atom stereocenters. The first-order valence-electron chi connectivity index (χ1n) is 12.1. The molecule has 4 rings (SSSR count). The monoisotopic (exact) mass is 400 g/mol. The number of Topliss-reactive ketones (excluding diaryl/α,β-unsaturated/α-hetero) is 1. The van der Waals surface area contributed by atoms with Crippen LogP contribution in [0.4, 0.5) is 0 Å². The number of allylic oxidation sites excluding steroid dienone is 2. The largest absolute Gasteiger partial charge is 0.330 e. The Morgan fingerprint density at radius 2 is 1.90 bits per heavy atom. The Labute approximate surface area is 176 Å². The summed E-state index contributed by atoms with van der Waals surface area (Å²) in [6.07, 6.45) is 16.5. The van der Waals surface area contributed by atoms with Crippen molar-refractivity contribution in [2.45, 2.75) is 90.5 Å². The van der Waals surface area contributed by atoms with Crippen LogP contribution in [-0.4, -0.2) is 18.4 Å². The lowest BCUT2D eigenvalue weighted by atomic mass is 9.43. The average Bonchev–Trinajstić information content (AvgIpc) is 3.02. The van der Waals surface area contributed by atoms with Crippen LogP contribution in [0.5, 0.6) is 0 Å². The zero-order valence-electron chi connectivity index (χ0n) is 18.4. The summed E-state index contributed by atoms with van der Waals surface area (Å²) < 4.78 is 0. The molecule has 4 saturated carbocycles. The Kier molecular flexibility index (Phi) is 6.03. The zero-order chi connectivity index (χ0) is 20.6. The van der Waals surface area contributed by atoms with Crippen LogP contribution in [0.2, 0.25) is 0 Å². The lowest BCUT2D eigenvalue weighted by Gasteiger charge is -2.61. The quantitative estimate of drug-likeness (QED) is 0.356. The molecule has 4 nitrogen and oxygen atoms in total. The summed E-state index contributed by atoms with van der Waals surface area (Å²) in [5.74, 6) is 3.28. The van der Waals surface area contributed by atoms with E-state index in [1.807, 2.05) is 0 Å². The van der Waals surface area contributed by atoms with E-state index in [-0.39, 0.29) is 16.9 Å². The fraction of sp³-hybridized carbons (Fsp3) is 0.880. The molecule has 0 saturated heterocycles. The van der Waals surface area contributed by atoms with E-state index in [1.54, 1.807) is 0 Å². The molecule has 4 aliphatic rings. The summed E-state index contributed by atoms with van der Waals surface area (Å²) >= 11 is 0. The van der Waals surface area contributed by atoms with Crippen molar-refractivity contribution in [1.82, 2.24) is 0 Å². The van der Waals surface area contributed by atoms with Crippen LogP contribution in [0, 0.1) is 45.3 Å². The number of nitrogens with zero attached hydrogens (tertiary/aromatic N) is 1. The number of hydrogen-bond donors (Lipinski definition) is 1. The molecule has 29 heavy (non-hydrogen) atoms. The Balaban J connectivity index is 1.49. The Bertz CT molecular complexity index is 661. The van der Waals surface area contributed by atoms with E-state index in [1.165, 1.54) is 19.3 Å². The van der Waals surface area contributed by atoms with Gasteiger partial charge in [0.1, 0.15) is 5.78 Å². The Hall–Kier alpha value is -1.03. The van der Waals surface area contributed by atoms with Crippen molar-refractivity contribution in [3.8, 4) is 0 Å². The van der Waals surface area contributed by atoms with Gasteiger partial charge in [-0.05, 0) is 106 Å². The molecule has 162 valence electrons. The third kappa shape index (κ3) is 3.54. The molecule has 0 radical (unpaired) electrons. The van der Waals surface area contributed by atoms with Gasteiger partial charge in [0.15, 0.2) is 0 Å². The number of unbranched alkanes of at least 4 members (excludes halogenated alkanes) is 1. The van der Waals surface area contributed by atoms with E-state index in [9.17, 15) is 9.70 Å². The van der Waals surface area contributed by atoms with E-state index >= 15 is 0 Å². The summed E-state index contributed by atoms with van der Waals surface area (Å²) in [4.78, 5) is 24.6. The topological polar surface area (TPSA) is 72.5 Å². The van der Waals surface area contributed by atoms with Gasteiger partial charge in [0.2, 0.25) is 0 Å². The summed E-state index contributed by atoms with van der Waals surface area (Å²) in [6, 6.07) is -0.0525. The maximum atomic E-state index is 12.6. The van der Waals surface area contributed by atoms with E-state index in [0.29, 0.717) is 35.4 Å². The maximum absolute atomic E-state index is 12.6. The van der Waals surface area contributed by atoms with Crippen molar-refractivity contribution in [3.05, 3.63) is 17.1 Å². The second-order valence-corrected chi connectivity index (χ2v) is 11.1. The van der Waals surface area contributed by atoms with E-state index < -0.39 is 0 Å². The highest BCUT2D eigenvalue weighted by Crippen LogP contribution is 2.66. The molecule has 4 fully saturated rings. The highest BCUT2D eigenvalue weighted by atomic mass is 16.3. The highest BCUT2D eigenvalue weighted by molar-refractivity contribution is 5.87. The maximum Gasteiger partial charge on any atom is 0.139 e. The molecule has 0 bridgehead atoms. The van der Waals surface area contributed by atoms with Crippen molar-refractivity contribution >= 4 is 5.78 Å². The lowest BCUT2D eigenvalue weighted by Crippen LogP contribution is -2.57. The van der Waals surface area contributed by atoms with Gasteiger partial charge < -0.3 is 5.73 Å². The molecule has 8 unspecified atom stereocenters. The first-order valence-corrected chi connectivity index (χ1v) is 12.1. The number of nitroso groups, excluding NO2 is 1. The molecule has 2 N–H and O–H groups in total. The van der Waals surface area contributed by atoms with Gasteiger partial charge in [0.05, 0.1) is 6.04 Å². The molecule has 0 aromatic heterocycles. The molecule has 0 aromatic carbocycles. The highest BCUT2D eigenvalue weighted by Gasteiger charge is 2.62. The van der Waals surface area contributed by atoms with Crippen LogP contribution in [-0.2, 0) is 4.79 Å². The molecular formula is C25H40N2O2. The number of hydrogen-bond acceptors (Lipinski definition) is 4. The predicted octanol–water partition coefficient (Wildman–Crippen LogP) is 5.64. The molecular weight excluding hydrogens is 360 g/mol. The Morgan fingerprint density at radius 3 is 2.66 bits per heavy atom. The van der Waals surface area contributed by atoms with Crippen molar-refractivity contribution in [2.24, 2.45) is 51.3 Å². The molecule has 0 amide bonds. The third-order valence-electron chi connectivity index (χ3n) is 9.84. The summed E-state index contributed by atoms with van der Waals surface area (Å²) in [5, 5.41) is 3.71. The number of nitrogens with two attached hydrogens (primary N) is 1. The van der Waals surface area contributed by atoms with Crippen LogP contribution in [0.15, 0.2) is 17.3 Å². The van der Waals surface area contributed by atoms with Gasteiger partial charge in [0.25, 0.3) is 0 Å². The van der Waals surface area contributed by atoms with Crippen LogP contribution < -0.4 is 5.73 Å². The summed E-state index contributed by atoms with van der Waals surface area (Å²) in [6.45, 7) is 5.45. The van der Waals surface area contributed by atoms with Crippen LogP contribution in [0.3, 0.4) is 0 Å². The second kappa shape index (κ2) is 8.24. The van der Waals surface area contributed by atoms with Gasteiger partial charge >= 0.3 is 0 Å². The van der Waals surface area contributed by atoms with E-state index in [0.717, 1.165) is 57.9 Å². The fourth-order valence-corrected chi connectivity index (χ4v) is 8.13. The van der Waals surface area contributed by atoms with E-state index in [2.05, 4.69) is 31.2 Å². The SMILES string of the molecule is CC12CCC3C(CC(N=O)C4CC(CC=CCCCN)CCC43C)C1CCC2=O. The van der Waals surface area contributed by atoms with Gasteiger partial charge in [-0.3, -0.25) is 4.79 Å². The van der Waals surface area contributed by atoms with Gasteiger partial charge in [0, 0.05) is 11.8 Å². The minimum absolute atomic E-state index is 0.0525. The molecule has 4 heteroatoms. The second-order valence-electron chi connectivity index (χ2n) is 11.1. The van der Waals surface area contributed by atoms with Crippen LogP contribution in [0.1, 0.15) is 84.5 Å². The first kappa shape index (κ1) is 21.2. The van der Waals surface area contributed by atoms with Crippen LogP contribution in [0.25, 0.3) is 0 Å². The third-order valence-corrected chi connectivity index (χ3v) is 9.84. The molecule has 4 aliphatic carbocycles. The Morgan fingerprint density at radius 1 is 1.07 bits per heavy atom. The number of carbonyl (C=O) groups is 1. The van der Waals surface area contributed by atoms with Gasteiger partial charge in [-0.15, -0.1) is 0 Å². The average molecular weight is 401 g/mol. The predicted molar refractivity (Wildman–Crippen MR) is 117 cm³/mol. The number of carbonyl (C=O) groups excluding carboxylic acids is 1. The van der Waals surface area contributed by atoms with Crippen molar-refractivity contribution < 1.29 is 4.79 Å². The molecule has 0 spiro atoms. The van der Waals surface area contributed by atoms with Crippen LogP contribution >= 0.6 is 0 Å². The minimum atomic E-state index is -0.122. The zero-order valence-corrected chi connectivity index (χ0v) is 18.4. The molecule has 0 heterocycles. The summed E-state index contributed by atoms with van der Waals surface area (Å²) in [5.41, 5.74) is 5.69. The number of fused-ring (bicyclic) bond motifs is 5. The number of ketones is 1. The van der Waals surface area contributed by atoms with Gasteiger partial charge in [-0.25, -0.2) is 0 Å². The van der Waals surface area contributed by atoms with Crippen molar-refractivity contribution in [1.29, 1.82) is 0 Å². The normalized spacial score (nSPS) is 46.9. The smallest absolute Gasteiger partial charge is 0.139 e.